The molecule has 1 spiro atoms. The topological polar surface area (TPSA) is 88.1 Å². The van der Waals surface area contributed by atoms with E-state index < -0.39 is 14.7 Å². The molecule has 1 saturated carbocycles. The first kappa shape index (κ1) is 24.9. The van der Waals surface area contributed by atoms with Crippen molar-refractivity contribution >= 4 is 33.2 Å². The van der Waals surface area contributed by atoms with Crippen LogP contribution in [0.5, 0.6) is 17.2 Å². The van der Waals surface area contributed by atoms with Crippen LogP contribution in [0, 0.1) is 10.6 Å². The quantitative estimate of drug-likeness (QED) is 0.364. The van der Waals surface area contributed by atoms with Crippen LogP contribution in [-0.2, 0) is 10.0 Å². The number of ether oxygens (including phenoxy) is 3. The number of hydrogen-bond donors (Lipinski definition) is 0. The molecule has 8 nitrogen and oxygen atoms in total. The van der Waals surface area contributed by atoms with Crippen LogP contribution < -0.4 is 14.2 Å². The zero-order valence-electron chi connectivity index (χ0n) is 19.6. The van der Waals surface area contributed by atoms with Crippen molar-refractivity contribution < 1.29 is 27.3 Å². The molecule has 0 N–H and O–H groups in total. The Morgan fingerprint density at radius 1 is 1.06 bits per heavy atom. The van der Waals surface area contributed by atoms with Gasteiger partial charge in [-0.05, 0) is 43.2 Å². The second kappa shape index (κ2) is 8.97. The van der Waals surface area contributed by atoms with Gasteiger partial charge in [0.2, 0.25) is 10.0 Å². The summed E-state index contributed by atoms with van der Waals surface area (Å²) in [6.07, 6.45) is 2.47. The molecular weight excluding hydrogens is 515 g/mol. The van der Waals surface area contributed by atoms with Crippen LogP contribution in [0.25, 0.3) is 0 Å². The summed E-state index contributed by atoms with van der Waals surface area (Å²) in [4.78, 5) is 0.0712. The fourth-order valence-electron chi connectivity index (χ4n) is 5.91. The molecule has 11 heteroatoms. The minimum absolute atomic E-state index is 0.0629. The van der Waals surface area contributed by atoms with Gasteiger partial charge in [-0.1, -0.05) is 23.2 Å². The van der Waals surface area contributed by atoms with Gasteiger partial charge in [-0.25, -0.2) is 8.42 Å². The molecular formula is C24H28Cl2N2O6S. The van der Waals surface area contributed by atoms with Crippen molar-refractivity contribution in [2.24, 2.45) is 5.41 Å². The Hall–Kier alpha value is -1.75. The van der Waals surface area contributed by atoms with E-state index in [0.717, 1.165) is 12.8 Å². The summed E-state index contributed by atoms with van der Waals surface area (Å²) in [5.41, 5.74) is -0.0915. The summed E-state index contributed by atoms with van der Waals surface area (Å²) in [5, 5.41) is 14.2. The van der Waals surface area contributed by atoms with E-state index in [2.05, 4.69) is 0 Å². The number of methoxy groups -OCH3 is 2. The Labute approximate surface area is 215 Å². The van der Waals surface area contributed by atoms with Crippen molar-refractivity contribution in [2.75, 3.05) is 40.5 Å². The van der Waals surface area contributed by atoms with E-state index in [9.17, 15) is 13.6 Å². The Morgan fingerprint density at radius 3 is 2.40 bits per heavy atom. The fourth-order valence-corrected chi connectivity index (χ4v) is 8.63. The number of sulfonamides is 1. The summed E-state index contributed by atoms with van der Waals surface area (Å²) in [7, 11) is -0.715. The monoisotopic (exact) mass is 542 g/mol. The van der Waals surface area contributed by atoms with E-state index in [0.29, 0.717) is 30.2 Å². The van der Waals surface area contributed by atoms with Gasteiger partial charge in [0.05, 0.1) is 38.2 Å². The van der Waals surface area contributed by atoms with E-state index in [1.807, 2.05) is 0 Å². The molecule has 2 heterocycles. The smallest absolute Gasteiger partial charge is 0.243 e. The Kier molecular flexibility index (Phi) is 6.39. The van der Waals surface area contributed by atoms with Gasteiger partial charge in [-0.15, -0.1) is 0 Å². The molecule has 3 fully saturated rings. The summed E-state index contributed by atoms with van der Waals surface area (Å²) in [5.74, 6) is 1.71. The molecule has 0 bridgehead atoms. The van der Waals surface area contributed by atoms with Crippen molar-refractivity contribution in [1.82, 2.24) is 4.31 Å². The number of halogens is 2. The molecule has 1 aliphatic carbocycles. The van der Waals surface area contributed by atoms with Crippen molar-refractivity contribution in [1.29, 1.82) is 0 Å². The first-order valence-corrected chi connectivity index (χ1v) is 13.7. The summed E-state index contributed by atoms with van der Waals surface area (Å²) < 4.78 is 44.5. The lowest BCUT2D eigenvalue weighted by atomic mass is 9.51. The Morgan fingerprint density at radius 2 is 1.77 bits per heavy atom. The minimum Gasteiger partial charge on any atom is -0.633 e. The normalized spacial score (nSPS) is 29.9. The number of nitrogens with zero attached hydrogens (tertiary/aromatic N) is 2. The van der Waals surface area contributed by atoms with Crippen LogP contribution in [0.4, 0.5) is 0 Å². The van der Waals surface area contributed by atoms with E-state index in [1.165, 1.54) is 22.5 Å². The molecule has 190 valence electrons. The summed E-state index contributed by atoms with van der Waals surface area (Å²) in [6, 6.07) is 9.16. The molecule has 2 aliphatic heterocycles. The van der Waals surface area contributed by atoms with E-state index >= 15 is 0 Å². The number of likely N-dealkylation sites (tertiary alicyclic amines) is 1. The Bertz CT molecular complexity index is 1220. The highest BCUT2D eigenvalue weighted by atomic mass is 35.5. The van der Waals surface area contributed by atoms with Crippen LogP contribution in [0.15, 0.2) is 41.3 Å². The van der Waals surface area contributed by atoms with Gasteiger partial charge >= 0.3 is 0 Å². The molecule has 5 rings (SSSR count). The average molecular weight is 543 g/mol. The number of benzene rings is 2. The number of piperidine rings is 2. The molecule has 2 aromatic carbocycles. The first-order valence-electron chi connectivity index (χ1n) is 11.5. The van der Waals surface area contributed by atoms with Crippen molar-refractivity contribution in [3.63, 3.8) is 0 Å². The Balaban J connectivity index is 1.29. The van der Waals surface area contributed by atoms with Crippen LogP contribution in [0.2, 0.25) is 10.0 Å². The fraction of sp³-hybridized carbons (Fsp3) is 0.500. The van der Waals surface area contributed by atoms with Gasteiger partial charge in [0, 0.05) is 34.0 Å². The van der Waals surface area contributed by atoms with Gasteiger partial charge in [-0.3, -0.25) is 0 Å². The van der Waals surface area contributed by atoms with Crippen LogP contribution >= 0.6 is 23.2 Å². The standard InChI is InChI=1S/C24H28Cl2N2O6S/c1-32-20-4-3-18(14-21(20)33-2)34-10-9-28(29)8-7-24-6-5-22(24)27(23(24)15-28)35(30,31)19-12-16(25)11-17(26)13-19/h3-4,11-14,22-23H,5-10,15H2,1-2H3. The molecule has 0 amide bonds. The molecule has 4 unspecified atom stereocenters. The molecule has 2 aromatic rings. The van der Waals surface area contributed by atoms with E-state index in [-0.39, 0.29) is 52.1 Å². The third-order valence-electron chi connectivity index (χ3n) is 7.85. The van der Waals surface area contributed by atoms with E-state index in [4.69, 9.17) is 37.4 Å². The first-order chi connectivity index (χ1) is 16.6. The summed E-state index contributed by atoms with van der Waals surface area (Å²) >= 11 is 12.2. The van der Waals surface area contributed by atoms with Gasteiger partial charge in [0.15, 0.2) is 11.5 Å². The minimum atomic E-state index is -3.82. The molecule has 0 aromatic heterocycles. The maximum Gasteiger partial charge on any atom is 0.243 e. The highest BCUT2D eigenvalue weighted by Gasteiger charge is 2.72. The average Bonchev–Trinajstić information content (AvgIpc) is 2.80. The zero-order chi connectivity index (χ0) is 25.0. The lowest BCUT2D eigenvalue weighted by molar-refractivity contribution is -0.893. The lowest BCUT2D eigenvalue weighted by Crippen LogP contribution is -2.83. The molecule has 0 radical (unpaired) electrons. The van der Waals surface area contributed by atoms with Crippen molar-refractivity contribution in [2.45, 2.75) is 36.2 Å². The third kappa shape index (κ3) is 4.16. The molecule has 35 heavy (non-hydrogen) atoms. The number of hydroxylamine groups is 3. The van der Waals surface area contributed by atoms with Crippen LogP contribution in [0.3, 0.4) is 0 Å². The predicted octanol–water partition coefficient (Wildman–Crippen LogP) is 4.33. The molecule has 2 saturated heterocycles. The highest BCUT2D eigenvalue weighted by Crippen LogP contribution is 2.63. The van der Waals surface area contributed by atoms with Gasteiger partial charge < -0.3 is 24.1 Å². The number of quaternary nitrogens is 1. The van der Waals surface area contributed by atoms with Crippen molar-refractivity contribution in [3.8, 4) is 17.2 Å². The second-order valence-electron chi connectivity index (χ2n) is 9.55. The maximum absolute atomic E-state index is 13.7. The second-order valence-corrected chi connectivity index (χ2v) is 12.3. The van der Waals surface area contributed by atoms with Crippen LogP contribution in [-0.4, -0.2) is 69.9 Å². The van der Waals surface area contributed by atoms with Gasteiger partial charge in [-0.2, -0.15) is 4.31 Å². The SMILES string of the molecule is COc1ccc(OCC[N+]2([O-])CCC34CCC3N(S(=O)(=O)c3cc(Cl)cc(Cl)c3)C4C2)cc1OC. The van der Waals surface area contributed by atoms with Crippen LogP contribution in [0.1, 0.15) is 19.3 Å². The van der Waals surface area contributed by atoms with Gasteiger partial charge in [0.25, 0.3) is 0 Å². The zero-order valence-corrected chi connectivity index (χ0v) is 21.9. The third-order valence-corrected chi connectivity index (χ3v) is 10.2. The highest BCUT2D eigenvalue weighted by molar-refractivity contribution is 7.89. The van der Waals surface area contributed by atoms with Gasteiger partial charge in [0.1, 0.15) is 18.9 Å². The largest absolute Gasteiger partial charge is 0.633 e. The molecule has 4 atom stereocenters. The number of hydrogen-bond acceptors (Lipinski definition) is 6. The predicted molar refractivity (Wildman–Crippen MR) is 133 cm³/mol. The van der Waals surface area contributed by atoms with Crippen molar-refractivity contribution in [3.05, 3.63) is 51.7 Å². The summed E-state index contributed by atoms with van der Waals surface area (Å²) in [6.45, 7) is 1.10. The lowest BCUT2D eigenvalue weighted by Gasteiger charge is -2.73. The van der Waals surface area contributed by atoms with E-state index in [1.54, 1.807) is 32.4 Å². The molecule has 3 aliphatic rings. The maximum atomic E-state index is 13.7. The number of rotatable bonds is 8.